The van der Waals surface area contributed by atoms with E-state index in [1.54, 1.807) is 0 Å². The summed E-state index contributed by atoms with van der Waals surface area (Å²) in [4.78, 5) is 0. The normalized spacial score (nSPS) is 18.1. The molecule has 17 heavy (non-hydrogen) atoms. The SMILES string of the molecule is Cc1nn(C)cc1NC1CCc2ccccc21. The summed E-state index contributed by atoms with van der Waals surface area (Å²) in [6.45, 7) is 2.04. The van der Waals surface area contributed by atoms with Crippen LogP contribution < -0.4 is 5.32 Å². The molecule has 1 unspecified atom stereocenters. The van der Waals surface area contributed by atoms with Gasteiger partial charge in [0.1, 0.15) is 0 Å². The average Bonchev–Trinajstić information content (AvgIpc) is 2.85. The van der Waals surface area contributed by atoms with Crippen molar-refractivity contribution in [3.05, 3.63) is 47.3 Å². The average molecular weight is 227 g/mol. The third kappa shape index (κ3) is 1.82. The molecule has 0 saturated heterocycles. The summed E-state index contributed by atoms with van der Waals surface area (Å²) < 4.78 is 1.86. The number of nitrogens with one attached hydrogen (secondary N) is 1. The number of hydrogen-bond acceptors (Lipinski definition) is 2. The van der Waals surface area contributed by atoms with Crippen molar-refractivity contribution >= 4 is 5.69 Å². The maximum atomic E-state index is 4.36. The molecule has 3 rings (SSSR count). The Morgan fingerprint density at radius 1 is 1.35 bits per heavy atom. The number of rotatable bonds is 2. The number of nitrogens with zero attached hydrogens (tertiary/aromatic N) is 2. The number of benzene rings is 1. The van der Waals surface area contributed by atoms with Gasteiger partial charge in [-0.05, 0) is 30.9 Å². The second-order valence-electron chi connectivity index (χ2n) is 4.74. The summed E-state index contributed by atoms with van der Waals surface area (Å²) in [6.07, 6.45) is 4.40. The van der Waals surface area contributed by atoms with Crippen LogP contribution in [0.2, 0.25) is 0 Å². The van der Waals surface area contributed by atoms with Crippen LogP contribution in [0.1, 0.15) is 29.3 Å². The van der Waals surface area contributed by atoms with Crippen molar-refractivity contribution in [3.63, 3.8) is 0 Å². The van der Waals surface area contributed by atoms with Crippen LogP contribution in [0.4, 0.5) is 5.69 Å². The van der Waals surface area contributed by atoms with Gasteiger partial charge in [0.25, 0.3) is 0 Å². The van der Waals surface area contributed by atoms with Gasteiger partial charge in [-0.3, -0.25) is 4.68 Å². The third-order valence-electron chi connectivity index (χ3n) is 3.48. The van der Waals surface area contributed by atoms with Gasteiger partial charge in [-0.2, -0.15) is 5.10 Å². The number of anilines is 1. The number of aryl methyl sites for hydroxylation is 3. The molecular formula is C14H17N3. The summed E-state index contributed by atoms with van der Waals surface area (Å²) in [5.74, 6) is 0. The molecule has 0 saturated carbocycles. The predicted molar refractivity (Wildman–Crippen MR) is 69.1 cm³/mol. The zero-order chi connectivity index (χ0) is 11.8. The minimum Gasteiger partial charge on any atom is -0.375 e. The zero-order valence-electron chi connectivity index (χ0n) is 10.3. The molecule has 3 heteroatoms. The standard InChI is InChI=1S/C14H17N3/c1-10-14(9-17(2)16-10)15-13-8-7-11-5-3-4-6-12(11)13/h3-6,9,13,15H,7-8H2,1-2H3. The van der Waals surface area contributed by atoms with Crippen molar-refractivity contribution in [1.29, 1.82) is 0 Å². The summed E-state index contributed by atoms with van der Waals surface area (Å²) >= 11 is 0. The van der Waals surface area contributed by atoms with Gasteiger partial charge in [-0.15, -0.1) is 0 Å². The Morgan fingerprint density at radius 2 is 2.18 bits per heavy atom. The first kappa shape index (κ1) is 10.4. The van der Waals surface area contributed by atoms with E-state index >= 15 is 0 Å². The molecule has 1 aromatic carbocycles. The van der Waals surface area contributed by atoms with Crippen molar-refractivity contribution in [2.75, 3.05) is 5.32 Å². The predicted octanol–water partition coefficient (Wildman–Crippen LogP) is 2.83. The molecule has 1 aliphatic carbocycles. The lowest BCUT2D eigenvalue weighted by atomic mass is 10.1. The Kier molecular flexibility index (Phi) is 2.39. The quantitative estimate of drug-likeness (QED) is 0.855. The van der Waals surface area contributed by atoms with Crippen LogP contribution in [-0.2, 0) is 13.5 Å². The molecule has 2 aromatic rings. The van der Waals surface area contributed by atoms with Crippen molar-refractivity contribution in [1.82, 2.24) is 9.78 Å². The highest BCUT2D eigenvalue weighted by molar-refractivity contribution is 5.50. The first-order chi connectivity index (χ1) is 8.24. The Morgan fingerprint density at radius 3 is 2.94 bits per heavy atom. The van der Waals surface area contributed by atoms with Crippen LogP contribution in [0.5, 0.6) is 0 Å². The Balaban J connectivity index is 1.86. The first-order valence-electron chi connectivity index (χ1n) is 6.08. The molecular weight excluding hydrogens is 210 g/mol. The maximum absolute atomic E-state index is 4.36. The van der Waals surface area contributed by atoms with Crippen LogP contribution in [0, 0.1) is 6.92 Å². The molecule has 1 heterocycles. The van der Waals surface area contributed by atoms with Gasteiger partial charge in [0, 0.05) is 13.2 Å². The molecule has 1 N–H and O–H groups in total. The fraction of sp³-hybridized carbons (Fsp3) is 0.357. The van der Waals surface area contributed by atoms with Crippen LogP contribution >= 0.6 is 0 Å². The van der Waals surface area contributed by atoms with Gasteiger partial charge < -0.3 is 5.32 Å². The number of hydrogen-bond donors (Lipinski definition) is 1. The number of fused-ring (bicyclic) bond motifs is 1. The second kappa shape index (κ2) is 3.91. The minimum atomic E-state index is 0.439. The number of aromatic nitrogens is 2. The Bertz CT molecular complexity index is 542. The molecule has 1 aliphatic rings. The fourth-order valence-corrected chi connectivity index (χ4v) is 2.64. The van der Waals surface area contributed by atoms with Crippen molar-refractivity contribution < 1.29 is 0 Å². The van der Waals surface area contributed by atoms with Gasteiger partial charge in [0.15, 0.2) is 0 Å². The maximum Gasteiger partial charge on any atom is 0.0825 e. The van der Waals surface area contributed by atoms with E-state index in [4.69, 9.17) is 0 Å². The first-order valence-corrected chi connectivity index (χ1v) is 6.08. The van der Waals surface area contributed by atoms with Gasteiger partial charge in [-0.25, -0.2) is 0 Å². The Labute approximate surface area is 101 Å². The molecule has 1 atom stereocenters. The second-order valence-corrected chi connectivity index (χ2v) is 4.74. The van der Waals surface area contributed by atoms with Crippen molar-refractivity contribution in [2.45, 2.75) is 25.8 Å². The largest absolute Gasteiger partial charge is 0.375 e. The minimum absolute atomic E-state index is 0.439. The highest BCUT2D eigenvalue weighted by atomic mass is 15.3. The van der Waals surface area contributed by atoms with E-state index in [0.29, 0.717) is 6.04 Å². The summed E-state index contributed by atoms with van der Waals surface area (Å²) in [7, 11) is 1.96. The molecule has 0 spiro atoms. The van der Waals surface area contributed by atoms with E-state index < -0.39 is 0 Å². The van der Waals surface area contributed by atoms with Gasteiger partial charge >= 0.3 is 0 Å². The highest BCUT2D eigenvalue weighted by Gasteiger charge is 2.22. The van der Waals surface area contributed by atoms with Crippen molar-refractivity contribution in [3.8, 4) is 0 Å². The lowest BCUT2D eigenvalue weighted by Gasteiger charge is -2.14. The van der Waals surface area contributed by atoms with Crippen LogP contribution in [0.15, 0.2) is 30.5 Å². The smallest absolute Gasteiger partial charge is 0.0825 e. The molecule has 0 aliphatic heterocycles. The molecule has 0 bridgehead atoms. The van der Waals surface area contributed by atoms with Crippen LogP contribution in [0.3, 0.4) is 0 Å². The van der Waals surface area contributed by atoms with Crippen LogP contribution in [-0.4, -0.2) is 9.78 Å². The summed E-state index contributed by atoms with van der Waals surface area (Å²) in [6, 6.07) is 9.14. The van der Waals surface area contributed by atoms with E-state index in [-0.39, 0.29) is 0 Å². The van der Waals surface area contributed by atoms with E-state index in [1.807, 2.05) is 18.7 Å². The Hall–Kier alpha value is -1.77. The molecule has 88 valence electrons. The van der Waals surface area contributed by atoms with Crippen molar-refractivity contribution in [2.24, 2.45) is 7.05 Å². The molecule has 3 nitrogen and oxygen atoms in total. The van der Waals surface area contributed by atoms with Gasteiger partial charge in [0.05, 0.1) is 17.4 Å². The van der Waals surface area contributed by atoms with E-state index in [2.05, 4.69) is 40.9 Å². The molecule has 0 fully saturated rings. The fourth-order valence-electron chi connectivity index (χ4n) is 2.64. The summed E-state index contributed by atoms with van der Waals surface area (Å²) in [5.41, 5.74) is 5.13. The lowest BCUT2D eigenvalue weighted by Crippen LogP contribution is -2.07. The van der Waals surface area contributed by atoms with Gasteiger partial charge in [-0.1, -0.05) is 24.3 Å². The van der Waals surface area contributed by atoms with E-state index in [0.717, 1.165) is 11.4 Å². The molecule has 0 radical (unpaired) electrons. The highest BCUT2D eigenvalue weighted by Crippen LogP contribution is 2.33. The molecule has 1 aromatic heterocycles. The topological polar surface area (TPSA) is 29.9 Å². The van der Waals surface area contributed by atoms with E-state index in [9.17, 15) is 0 Å². The summed E-state index contributed by atoms with van der Waals surface area (Å²) in [5, 5.41) is 7.97. The third-order valence-corrected chi connectivity index (χ3v) is 3.48. The lowest BCUT2D eigenvalue weighted by molar-refractivity contribution is 0.755. The monoisotopic (exact) mass is 227 g/mol. The zero-order valence-corrected chi connectivity index (χ0v) is 10.3. The molecule has 0 amide bonds. The van der Waals surface area contributed by atoms with E-state index in [1.165, 1.54) is 24.0 Å². The van der Waals surface area contributed by atoms with Gasteiger partial charge in [0.2, 0.25) is 0 Å². The van der Waals surface area contributed by atoms with Crippen LogP contribution in [0.25, 0.3) is 0 Å².